The molecule has 3 aromatic rings. The highest BCUT2D eigenvalue weighted by Crippen LogP contribution is 2.33. The number of pyridine rings is 2. The summed E-state index contributed by atoms with van der Waals surface area (Å²) >= 11 is 0. The second kappa shape index (κ2) is 7.97. The third-order valence-electron chi connectivity index (χ3n) is 6.04. The summed E-state index contributed by atoms with van der Waals surface area (Å²) in [5, 5.41) is 0. The molecular weight excluding hydrogens is 379 g/mol. The van der Waals surface area contributed by atoms with Gasteiger partial charge in [0.15, 0.2) is 5.82 Å². The van der Waals surface area contributed by atoms with Crippen LogP contribution in [0.3, 0.4) is 0 Å². The molecule has 0 aromatic carbocycles. The van der Waals surface area contributed by atoms with Crippen LogP contribution in [0.2, 0.25) is 0 Å². The number of hydrogen-bond acceptors (Lipinski definition) is 6. The molecule has 0 radical (unpaired) electrons. The highest BCUT2D eigenvalue weighted by Gasteiger charge is 2.28. The fraction of sp³-hybridized carbons (Fsp3) is 0.391. The van der Waals surface area contributed by atoms with Gasteiger partial charge >= 0.3 is 0 Å². The molecule has 154 valence electrons. The number of hydrogen-bond donors (Lipinski definition) is 0. The molecule has 0 bridgehead atoms. The predicted octanol–water partition coefficient (Wildman–Crippen LogP) is 4.19. The Morgan fingerprint density at radius 2 is 1.80 bits per heavy atom. The second-order valence-corrected chi connectivity index (χ2v) is 7.98. The van der Waals surface area contributed by atoms with Crippen LogP contribution in [0.5, 0.6) is 0 Å². The van der Waals surface area contributed by atoms with E-state index in [4.69, 9.17) is 9.97 Å². The molecule has 1 fully saturated rings. The van der Waals surface area contributed by atoms with Crippen LogP contribution in [0.15, 0.2) is 42.7 Å². The van der Waals surface area contributed by atoms with Crippen LogP contribution in [0.4, 0.5) is 16.0 Å². The molecular formula is C23H25FN6. The predicted molar refractivity (Wildman–Crippen MR) is 115 cm³/mol. The lowest BCUT2D eigenvalue weighted by Gasteiger charge is -2.36. The maximum absolute atomic E-state index is 14.5. The van der Waals surface area contributed by atoms with E-state index in [0.29, 0.717) is 11.6 Å². The average molecular weight is 404 g/mol. The number of aromatic nitrogens is 4. The summed E-state index contributed by atoms with van der Waals surface area (Å²) in [6.45, 7) is 4.73. The Bertz CT molecular complexity index is 1040. The molecule has 7 heteroatoms. The maximum Gasteiger partial charge on any atom is 0.178 e. The first-order chi connectivity index (χ1) is 14.7. The van der Waals surface area contributed by atoms with Crippen LogP contribution < -0.4 is 9.80 Å². The Balaban J connectivity index is 1.43. The van der Waals surface area contributed by atoms with Crippen LogP contribution >= 0.6 is 0 Å². The number of fused-ring (bicyclic) bond motifs is 1. The molecule has 0 aliphatic carbocycles. The summed E-state index contributed by atoms with van der Waals surface area (Å²) in [7, 11) is 0. The zero-order valence-corrected chi connectivity index (χ0v) is 17.1. The molecule has 2 aliphatic heterocycles. The smallest absolute Gasteiger partial charge is 0.178 e. The van der Waals surface area contributed by atoms with Gasteiger partial charge in [-0.2, -0.15) is 0 Å². The van der Waals surface area contributed by atoms with Crippen molar-refractivity contribution in [1.82, 2.24) is 19.9 Å². The fourth-order valence-electron chi connectivity index (χ4n) is 4.40. The first-order valence-electron chi connectivity index (χ1n) is 10.7. The van der Waals surface area contributed by atoms with Crippen molar-refractivity contribution in [1.29, 1.82) is 0 Å². The zero-order chi connectivity index (χ0) is 20.5. The quantitative estimate of drug-likeness (QED) is 0.653. The van der Waals surface area contributed by atoms with Crippen molar-refractivity contribution >= 4 is 11.6 Å². The zero-order valence-electron chi connectivity index (χ0n) is 17.1. The van der Waals surface area contributed by atoms with Crippen molar-refractivity contribution in [3.05, 3.63) is 59.8 Å². The summed E-state index contributed by atoms with van der Waals surface area (Å²) in [5.41, 5.74) is 2.86. The highest BCUT2D eigenvalue weighted by atomic mass is 19.1. The van der Waals surface area contributed by atoms with E-state index in [-0.39, 0.29) is 11.9 Å². The van der Waals surface area contributed by atoms with Gasteiger partial charge < -0.3 is 9.80 Å². The van der Waals surface area contributed by atoms with E-state index in [1.165, 1.54) is 12.5 Å². The summed E-state index contributed by atoms with van der Waals surface area (Å²) in [6, 6.07) is 8.85. The molecule has 0 N–H and O–H groups in total. The third-order valence-corrected chi connectivity index (χ3v) is 6.04. The van der Waals surface area contributed by atoms with Crippen molar-refractivity contribution in [3.63, 3.8) is 0 Å². The van der Waals surface area contributed by atoms with Crippen molar-refractivity contribution in [2.45, 2.75) is 38.6 Å². The number of piperidine rings is 1. The van der Waals surface area contributed by atoms with E-state index in [0.717, 1.165) is 61.7 Å². The fourth-order valence-corrected chi connectivity index (χ4v) is 4.40. The Kier molecular flexibility index (Phi) is 5.02. The largest absolute Gasteiger partial charge is 0.356 e. The number of anilines is 2. The Hall–Kier alpha value is -3.09. The van der Waals surface area contributed by atoms with Gasteiger partial charge in [0.1, 0.15) is 23.1 Å². The van der Waals surface area contributed by atoms with Gasteiger partial charge in [0, 0.05) is 56.1 Å². The molecule has 5 heterocycles. The van der Waals surface area contributed by atoms with Crippen molar-refractivity contribution < 1.29 is 4.39 Å². The lowest BCUT2D eigenvalue weighted by Crippen LogP contribution is -2.36. The third kappa shape index (κ3) is 3.60. The maximum atomic E-state index is 14.5. The Morgan fingerprint density at radius 3 is 2.60 bits per heavy atom. The molecule has 0 saturated carbocycles. The van der Waals surface area contributed by atoms with Gasteiger partial charge in [-0.3, -0.25) is 4.98 Å². The van der Waals surface area contributed by atoms with Crippen LogP contribution in [0.25, 0.3) is 11.5 Å². The van der Waals surface area contributed by atoms with E-state index >= 15 is 0 Å². The van der Waals surface area contributed by atoms with Gasteiger partial charge in [0.25, 0.3) is 0 Å². The Morgan fingerprint density at radius 1 is 0.967 bits per heavy atom. The summed E-state index contributed by atoms with van der Waals surface area (Å²) in [5.74, 6) is 1.83. The Labute approximate surface area is 175 Å². The second-order valence-electron chi connectivity index (χ2n) is 7.98. The minimum Gasteiger partial charge on any atom is -0.356 e. The van der Waals surface area contributed by atoms with Crippen LogP contribution in [0.1, 0.15) is 43.5 Å². The van der Waals surface area contributed by atoms with E-state index in [2.05, 4.69) is 26.7 Å². The van der Waals surface area contributed by atoms with Gasteiger partial charge in [-0.05, 0) is 38.3 Å². The molecule has 1 unspecified atom stereocenters. The monoisotopic (exact) mass is 404 g/mol. The van der Waals surface area contributed by atoms with Gasteiger partial charge in [-0.25, -0.2) is 19.3 Å². The standard InChI is InChI=1S/C23H25FN6/c1-16-18-15-26-23(20-7-3-4-9-25-20)27-19(18)8-12-30(16)22-14-17(24)13-21(28-22)29-10-5-2-6-11-29/h3-4,7,9,13-16H,2,5-6,8,10-12H2,1H3. The molecule has 2 aliphatic rings. The average Bonchev–Trinajstić information content (AvgIpc) is 2.80. The molecule has 5 rings (SSSR count). The van der Waals surface area contributed by atoms with E-state index in [1.54, 1.807) is 12.3 Å². The summed E-state index contributed by atoms with van der Waals surface area (Å²) < 4.78 is 14.5. The minimum atomic E-state index is -0.236. The number of halogens is 1. The van der Waals surface area contributed by atoms with Crippen LogP contribution in [0, 0.1) is 5.82 Å². The molecule has 0 amide bonds. The summed E-state index contributed by atoms with van der Waals surface area (Å²) in [6.07, 6.45) is 7.90. The lowest BCUT2D eigenvalue weighted by molar-refractivity contribution is 0.563. The van der Waals surface area contributed by atoms with E-state index < -0.39 is 0 Å². The summed E-state index contributed by atoms with van der Waals surface area (Å²) in [4.78, 5) is 22.8. The number of nitrogens with zero attached hydrogens (tertiary/aromatic N) is 6. The molecule has 3 aromatic heterocycles. The highest BCUT2D eigenvalue weighted by molar-refractivity contribution is 5.54. The molecule has 1 atom stereocenters. The van der Waals surface area contributed by atoms with Gasteiger partial charge in [-0.15, -0.1) is 0 Å². The first kappa shape index (κ1) is 18.9. The SMILES string of the molecule is CC1c2cnc(-c3ccccn3)nc2CCN1c1cc(F)cc(N2CCCCC2)n1. The minimum absolute atomic E-state index is 0.0232. The lowest BCUT2D eigenvalue weighted by atomic mass is 9.99. The first-order valence-corrected chi connectivity index (χ1v) is 10.7. The van der Waals surface area contributed by atoms with Gasteiger partial charge in [-0.1, -0.05) is 6.07 Å². The topological polar surface area (TPSA) is 58.0 Å². The number of rotatable bonds is 3. The van der Waals surface area contributed by atoms with Crippen molar-refractivity contribution in [2.75, 3.05) is 29.4 Å². The van der Waals surface area contributed by atoms with Crippen molar-refractivity contribution in [3.8, 4) is 11.5 Å². The van der Waals surface area contributed by atoms with Gasteiger partial charge in [0.2, 0.25) is 0 Å². The van der Waals surface area contributed by atoms with E-state index in [9.17, 15) is 4.39 Å². The van der Waals surface area contributed by atoms with Gasteiger partial charge in [0.05, 0.1) is 11.7 Å². The van der Waals surface area contributed by atoms with Crippen LogP contribution in [-0.4, -0.2) is 39.6 Å². The normalized spacial score (nSPS) is 18.9. The molecule has 0 spiro atoms. The van der Waals surface area contributed by atoms with Crippen molar-refractivity contribution in [2.24, 2.45) is 0 Å². The van der Waals surface area contributed by atoms with Crippen LogP contribution in [-0.2, 0) is 6.42 Å². The molecule has 1 saturated heterocycles. The van der Waals surface area contributed by atoms with E-state index in [1.807, 2.05) is 24.4 Å². The molecule has 6 nitrogen and oxygen atoms in total. The molecule has 30 heavy (non-hydrogen) atoms.